The summed E-state index contributed by atoms with van der Waals surface area (Å²) >= 11 is 0. The van der Waals surface area contributed by atoms with Crippen LogP contribution in [-0.2, 0) is 11.2 Å². The Morgan fingerprint density at radius 3 is 3.06 bits per heavy atom. The Hall–Kier alpha value is -1.06. The highest BCUT2D eigenvalue weighted by molar-refractivity contribution is 5.40. The number of hydrogen-bond acceptors (Lipinski definition) is 3. The van der Waals surface area contributed by atoms with Gasteiger partial charge in [-0.1, -0.05) is 6.07 Å². The van der Waals surface area contributed by atoms with Crippen LogP contribution in [0, 0.1) is 0 Å². The minimum absolute atomic E-state index is 0.0691. The van der Waals surface area contributed by atoms with Crippen molar-refractivity contribution in [1.29, 1.82) is 0 Å². The van der Waals surface area contributed by atoms with E-state index in [4.69, 9.17) is 15.2 Å². The van der Waals surface area contributed by atoms with Gasteiger partial charge in [0.25, 0.3) is 0 Å². The second-order valence-corrected chi connectivity index (χ2v) is 4.56. The van der Waals surface area contributed by atoms with Gasteiger partial charge < -0.3 is 15.2 Å². The summed E-state index contributed by atoms with van der Waals surface area (Å²) in [4.78, 5) is 0. The van der Waals surface area contributed by atoms with Gasteiger partial charge in [-0.05, 0) is 36.1 Å². The van der Waals surface area contributed by atoms with Crippen molar-refractivity contribution in [2.75, 3.05) is 13.2 Å². The summed E-state index contributed by atoms with van der Waals surface area (Å²) in [5.74, 6) is 1.02. The van der Waals surface area contributed by atoms with E-state index >= 15 is 0 Å². The van der Waals surface area contributed by atoms with Gasteiger partial charge in [0, 0.05) is 19.1 Å². The number of fused-ring (bicyclic) bond motifs is 1. The van der Waals surface area contributed by atoms with Crippen LogP contribution in [0.2, 0.25) is 0 Å². The lowest BCUT2D eigenvalue weighted by atomic mass is 9.95. The summed E-state index contributed by atoms with van der Waals surface area (Å²) in [6.45, 7) is 1.63. The minimum atomic E-state index is 0.0691. The largest absolute Gasteiger partial charge is 0.493 e. The van der Waals surface area contributed by atoms with Gasteiger partial charge in [0.15, 0.2) is 0 Å². The molecule has 0 amide bonds. The number of nitrogens with two attached hydrogens (primary N) is 1. The molecule has 2 heterocycles. The average Bonchev–Trinajstić information content (AvgIpc) is 2.76. The second kappa shape index (κ2) is 4.07. The standard InChI is InChI=1S/C13H17NO2/c14-11-2-1-6-16-13(11)10-3-4-12-9(8-10)5-7-15-12/h3-4,8,11,13H,1-2,5-7,14H2. The van der Waals surface area contributed by atoms with Crippen LogP contribution in [0.3, 0.4) is 0 Å². The van der Waals surface area contributed by atoms with Gasteiger partial charge >= 0.3 is 0 Å². The molecule has 3 rings (SSSR count). The van der Waals surface area contributed by atoms with Crippen LogP contribution in [0.1, 0.15) is 30.1 Å². The topological polar surface area (TPSA) is 44.5 Å². The van der Waals surface area contributed by atoms with Crippen molar-refractivity contribution in [1.82, 2.24) is 0 Å². The van der Waals surface area contributed by atoms with Crippen molar-refractivity contribution < 1.29 is 9.47 Å². The third kappa shape index (κ3) is 1.70. The number of hydrogen-bond donors (Lipinski definition) is 1. The monoisotopic (exact) mass is 219 g/mol. The molecule has 3 heteroatoms. The summed E-state index contributed by atoms with van der Waals surface area (Å²) in [7, 11) is 0. The van der Waals surface area contributed by atoms with E-state index in [1.165, 1.54) is 11.1 Å². The maximum Gasteiger partial charge on any atom is 0.122 e. The Labute approximate surface area is 95.5 Å². The maximum absolute atomic E-state index is 6.10. The Morgan fingerprint density at radius 2 is 2.19 bits per heavy atom. The highest BCUT2D eigenvalue weighted by Gasteiger charge is 2.25. The van der Waals surface area contributed by atoms with Crippen LogP contribution in [0.25, 0.3) is 0 Å². The summed E-state index contributed by atoms with van der Waals surface area (Å²) in [6.07, 6.45) is 3.20. The Balaban J connectivity index is 1.88. The van der Waals surface area contributed by atoms with E-state index in [9.17, 15) is 0 Å². The van der Waals surface area contributed by atoms with Crippen LogP contribution in [0.15, 0.2) is 18.2 Å². The first-order valence-electron chi connectivity index (χ1n) is 5.97. The summed E-state index contributed by atoms with van der Waals surface area (Å²) in [6, 6.07) is 6.45. The van der Waals surface area contributed by atoms with E-state index in [-0.39, 0.29) is 12.1 Å². The highest BCUT2D eigenvalue weighted by Crippen LogP contribution is 2.32. The Morgan fingerprint density at radius 1 is 1.25 bits per heavy atom. The number of benzene rings is 1. The van der Waals surface area contributed by atoms with Gasteiger partial charge in [0.05, 0.1) is 12.7 Å². The molecular weight excluding hydrogens is 202 g/mol. The zero-order valence-electron chi connectivity index (χ0n) is 9.32. The molecule has 2 atom stereocenters. The zero-order chi connectivity index (χ0) is 11.0. The summed E-state index contributed by atoms with van der Waals surface area (Å²) in [5, 5.41) is 0. The lowest BCUT2D eigenvalue weighted by molar-refractivity contribution is 0.000110. The lowest BCUT2D eigenvalue weighted by Crippen LogP contribution is -2.34. The van der Waals surface area contributed by atoms with Gasteiger partial charge in [-0.25, -0.2) is 0 Å². The third-order valence-corrected chi connectivity index (χ3v) is 3.41. The normalized spacial score (nSPS) is 28.6. The maximum atomic E-state index is 6.10. The van der Waals surface area contributed by atoms with E-state index in [1.54, 1.807) is 0 Å². The van der Waals surface area contributed by atoms with E-state index in [1.807, 2.05) is 6.07 Å². The molecule has 0 aliphatic carbocycles. The number of rotatable bonds is 1. The first-order valence-corrected chi connectivity index (χ1v) is 5.97. The predicted octanol–water partition coefficient (Wildman–Crippen LogP) is 1.80. The van der Waals surface area contributed by atoms with Crippen molar-refractivity contribution in [2.24, 2.45) is 5.73 Å². The fraction of sp³-hybridized carbons (Fsp3) is 0.538. The molecule has 0 spiro atoms. The van der Waals surface area contributed by atoms with Crippen molar-refractivity contribution in [3.8, 4) is 5.75 Å². The predicted molar refractivity (Wildman–Crippen MR) is 61.5 cm³/mol. The van der Waals surface area contributed by atoms with Gasteiger partial charge in [-0.15, -0.1) is 0 Å². The molecule has 0 radical (unpaired) electrons. The zero-order valence-corrected chi connectivity index (χ0v) is 9.32. The smallest absolute Gasteiger partial charge is 0.122 e. The molecule has 16 heavy (non-hydrogen) atoms. The van der Waals surface area contributed by atoms with Crippen molar-refractivity contribution in [2.45, 2.75) is 31.4 Å². The molecule has 86 valence electrons. The number of ether oxygens (including phenoxy) is 2. The van der Waals surface area contributed by atoms with Crippen molar-refractivity contribution >= 4 is 0 Å². The van der Waals surface area contributed by atoms with E-state index in [0.29, 0.717) is 0 Å². The minimum Gasteiger partial charge on any atom is -0.493 e. The van der Waals surface area contributed by atoms with Crippen LogP contribution in [0.4, 0.5) is 0 Å². The Kier molecular flexibility index (Phi) is 2.58. The summed E-state index contributed by atoms with van der Waals surface area (Å²) < 4.78 is 11.3. The first-order chi connectivity index (χ1) is 7.84. The molecule has 2 unspecified atom stereocenters. The van der Waals surface area contributed by atoms with Crippen LogP contribution >= 0.6 is 0 Å². The molecule has 1 saturated heterocycles. The first kappa shape index (κ1) is 10.1. The van der Waals surface area contributed by atoms with Crippen LogP contribution < -0.4 is 10.5 Å². The van der Waals surface area contributed by atoms with E-state index in [0.717, 1.165) is 38.2 Å². The third-order valence-electron chi connectivity index (χ3n) is 3.41. The molecular formula is C13H17NO2. The van der Waals surface area contributed by atoms with Crippen LogP contribution in [-0.4, -0.2) is 19.3 Å². The average molecular weight is 219 g/mol. The lowest BCUT2D eigenvalue weighted by Gasteiger charge is -2.29. The van der Waals surface area contributed by atoms with Crippen molar-refractivity contribution in [3.05, 3.63) is 29.3 Å². The molecule has 0 saturated carbocycles. The molecule has 2 N–H and O–H groups in total. The van der Waals surface area contributed by atoms with E-state index < -0.39 is 0 Å². The highest BCUT2D eigenvalue weighted by atomic mass is 16.5. The quantitative estimate of drug-likeness (QED) is 0.783. The second-order valence-electron chi connectivity index (χ2n) is 4.56. The Bertz CT molecular complexity index is 392. The fourth-order valence-electron chi connectivity index (χ4n) is 2.53. The fourth-order valence-corrected chi connectivity index (χ4v) is 2.53. The molecule has 0 aromatic heterocycles. The molecule has 1 aromatic carbocycles. The van der Waals surface area contributed by atoms with E-state index in [2.05, 4.69) is 12.1 Å². The summed E-state index contributed by atoms with van der Waals surface area (Å²) in [5.41, 5.74) is 8.60. The van der Waals surface area contributed by atoms with Crippen LogP contribution in [0.5, 0.6) is 5.75 Å². The molecule has 2 aliphatic heterocycles. The SMILES string of the molecule is NC1CCCOC1c1ccc2c(c1)CCO2. The van der Waals surface area contributed by atoms with Gasteiger partial charge in [0.2, 0.25) is 0 Å². The molecule has 1 fully saturated rings. The van der Waals surface area contributed by atoms with Crippen molar-refractivity contribution in [3.63, 3.8) is 0 Å². The molecule has 2 aliphatic rings. The van der Waals surface area contributed by atoms with Gasteiger partial charge in [-0.2, -0.15) is 0 Å². The molecule has 3 nitrogen and oxygen atoms in total. The van der Waals surface area contributed by atoms with Gasteiger partial charge in [0.1, 0.15) is 5.75 Å². The molecule has 0 bridgehead atoms. The molecule has 1 aromatic rings. The van der Waals surface area contributed by atoms with Gasteiger partial charge in [-0.3, -0.25) is 0 Å².